The van der Waals surface area contributed by atoms with Gasteiger partial charge >= 0.3 is 0 Å². The van der Waals surface area contributed by atoms with Gasteiger partial charge in [0.2, 0.25) is 0 Å². The van der Waals surface area contributed by atoms with Crippen LogP contribution in [0.1, 0.15) is 6.92 Å². The summed E-state index contributed by atoms with van der Waals surface area (Å²) in [6, 6.07) is 0. The zero-order chi connectivity index (χ0) is 7.44. The van der Waals surface area contributed by atoms with Crippen molar-refractivity contribution in [3.8, 4) is 0 Å². The van der Waals surface area contributed by atoms with E-state index < -0.39 is 0 Å². The molecule has 0 aliphatic rings. The fourth-order valence-electron chi connectivity index (χ4n) is 0.337. The fourth-order valence-corrected chi connectivity index (χ4v) is 1.38. The Morgan fingerprint density at radius 1 is 1.56 bits per heavy atom. The zero-order valence-corrected chi connectivity index (χ0v) is 8.06. The predicted molar refractivity (Wildman–Crippen MR) is 52.5 cm³/mol. The van der Waals surface area contributed by atoms with Crippen LogP contribution >= 0.6 is 37.0 Å². The van der Waals surface area contributed by atoms with E-state index in [0.29, 0.717) is 5.71 Å². The van der Waals surface area contributed by atoms with Crippen molar-refractivity contribution in [2.75, 3.05) is 6.26 Å². The lowest BCUT2D eigenvalue weighted by Gasteiger charge is -2.11. The van der Waals surface area contributed by atoms with Crippen molar-refractivity contribution in [2.24, 2.45) is 0 Å². The molecule has 0 saturated carbocycles. The molecule has 0 heterocycles. The average Bonchev–Trinajstić information content (AvgIpc) is 1.84. The van der Waals surface area contributed by atoms with E-state index in [4.69, 9.17) is 5.41 Å². The number of hydrogen-bond acceptors (Lipinski definition) is 4. The van der Waals surface area contributed by atoms with Gasteiger partial charge in [0.05, 0.1) is 4.58 Å². The molecule has 9 heavy (non-hydrogen) atoms. The first kappa shape index (κ1) is 9.72. The SMILES string of the molecule is CSC(C)C(=N)C(S)S. The second kappa shape index (κ2) is 4.52. The van der Waals surface area contributed by atoms with Gasteiger partial charge < -0.3 is 5.41 Å². The summed E-state index contributed by atoms with van der Waals surface area (Å²) in [4.78, 5) is 0. The van der Waals surface area contributed by atoms with Crippen LogP contribution in [-0.2, 0) is 0 Å². The lowest BCUT2D eigenvalue weighted by molar-refractivity contribution is 1.24. The van der Waals surface area contributed by atoms with Crippen LogP contribution in [0.15, 0.2) is 0 Å². The van der Waals surface area contributed by atoms with Gasteiger partial charge in [-0.25, -0.2) is 0 Å². The summed E-state index contributed by atoms with van der Waals surface area (Å²) in [5, 5.41) is 7.62. The smallest absolute Gasteiger partial charge is 0.0828 e. The van der Waals surface area contributed by atoms with E-state index in [9.17, 15) is 0 Å². The highest BCUT2D eigenvalue weighted by molar-refractivity contribution is 8.02. The summed E-state index contributed by atoms with van der Waals surface area (Å²) in [5.74, 6) is 0. The molecule has 0 aliphatic heterocycles. The normalized spacial score (nSPS) is 13.9. The summed E-state index contributed by atoms with van der Waals surface area (Å²) >= 11 is 9.66. The van der Waals surface area contributed by atoms with E-state index in [0.717, 1.165) is 0 Å². The van der Waals surface area contributed by atoms with E-state index in [1.165, 1.54) is 0 Å². The van der Waals surface area contributed by atoms with Crippen molar-refractivity contribution in [3.63, 3.8) is 0 Å². The Bertz CT molecular complexity index is 102. The Kier molecular flexibility index (Phi) is 4.88. The second-order valence-electron chi connectivity index (χ2n) is 1.71. The highest BCUT2D eigenvalue weighted by Gasteiger charge is 2.11. The first-order valence-corrected chi connectivity index (χ1v) is 4.89. The van der Waals surface area contributed by atoms with Crippen LogP contribution < -0.4 is 0 Å². The molecule has 0 rings (SSSR count). The molecule has 0 bridgehead atoms. The Hall–Kier alpha value is 0.720. The average molecular weight is 181 g/mol. The second-order valence-corrected chi connectivity index (χ2v) is 4.33. The third-order valence-electron chi connectivity index (χ3n) is 1.07. The minimum Gasteiger partial charge on any atom is -0.306 e. The van der Waals surface area contributed by atoms with Gasteiger partial charge in [0.15, 0.2) is 0 Å². The van der Waals surface area contributed by atoms with Crippen LogP contribution in [-0.4, -0.2) is 21.8 Å². The minimum atomic E-state index is -0.201. The summed E-state index contributed by atoms with van der Waals surface area (Å²) < 4.78 is -0.201. The van der Waals surface area contributed by atoms with E-state index >= 15 is 0 Å². The molecule has 0 aliphatic carbocycles. The molecular formula is C5H11NS3. The molecule has 1 N–H and O–H groups in total. The molecule has 54 valence electrons. The minimum absolute atomic E-state index is 0.201. The van der Waals surface area contributed by atoms with Gasteiger partial charge in [-0.15, -0.1) is 0 Å². The molecule has 0 fully saturated rings. The van der Waals surface area contributed by atoms with E-state index in [1.807, 2.05) is 13.2 Å². The van der Waals surface area contributed by atoms with Gasteiger partial charge in [-0.2, -0.15) is 37.0 Å². The third kappa shape index (κ3) is 3.43. The van der Waals surface area contributed by atoms with Gasteiger partial charge in [-0.1, -0.05) is 0 Å². The van der Waals surface area contributed by atoms with E-state index in [-0.39, 0.29) is 9.83 Å². The van der Waals surface area contributed by atoms with Crippen LogP contribution in [0.4, 0.5) is 0 Å². The molecule has 0 spiro atoms. The molecule has 0 amide bonds. The van der Waals surface area contributed by atoms with Crippen molar-refractivity contribution >= 4 is 42.7 Å². The van der Waals surface area contributed by atoms with Crippen LogP contribution in [0.3, 0.4) is 0 Å². The first-order valence-electron chi connectivity index (χ1n) is 2.57. The molecule has 0 saturated heterocycles. The quantitative estimate of drug-likeness (QED) is 0.346. The van der Waals surface area contributed by atoms with Gasteiger partial charge in [-0.3, -0.25) is 0 Å². The number of thioether (sulfide) groups is 1. The van der Waals surface area contributed by atoms with Gasteiger partial charge in [0.1, 0.15) is 0 Å². The summed E-state index contributed by atoms with van der Waals surface area (Å²) in [6.07, 6.45) is 1.98. The Balaban J connectivity index is 3.73. The standard InChI is InChI=1S/C5H11NS3/c1-3(9-2)4(6)5(7)8/h3,5-8H,1-2H3. The maximum Gasteiger partial charge on any atom is 0.0828 e. The maximum absolute atomic E-state index is 7.38. The molecular weight excluding hydrogens is 170 g/mol. The summed E-state index contributed by atoms with van der Waals surface area (Å²) in [5.41, 5.74) is 0.578. The number of nitrogens with one attached hydrogen (secondary N) is 1. The van der Waals surface area contributed by atoms with Gasteiger partial charge in [0.25, 0.3) is 0 Å². The maximum atomic E-state index is 7.38. The summed E-state index contributed by atoms with van der Waals surface area (Å²) in [7, 11) is 0. The topological polar surface area (TPSA) is 23.9 Å². The molecule has 1 nitrogen and oxygen atoms in total. The number of thiol groups is 2. The lowest BCUT2D eigenvalue weighted by Crippen LogP contribution is -2.18. The molecule has 1 unspecified atom stereocenters. The molecule has 0 aromatic rings. The molecule has 0 radical (unpaired) electrons. The number of rotatable bonds is 3. The highest BCUT2D eigenvalue weighted by atomic mass is 32.2. The first-order chi connectivity index (χ1) is 4.09. The molecule has 1 atom stereocenters. The lowest BCUT2D eigenvalue weighted by atomic mass is 10.3. The monoisotopic (exact) mass is 181 g/mol. The fraction of sp³-hybridized carbons (Fsp3) is 0.800. The molecule has 4 heteroatoms. The Labute approximate surface area is 71.3 Å². The van der Waals surface area contributed by atoms with Crippen molar-refractivity contribution in [1.29, 1.82) is 5.41 Å². The number of hydrogen-bond donors (Lipinski definition) is 3. The Morgan fingerprint density at radius 3 is 2.11 bits per heavy atom. The van der Waals surface area contributed by atoms with Crippen LogP contribution in [0, 0.1) is 5.41 Å². The predicted octanol–water partition coefficient (Wildman–Crippen LogP) is 1.94. The largest absolute Gasteiger partial charge is 0.306 e. The third-order valence-corrected chi connectivity index (χ3v) is 2.59. The molecule has 0 aromatic carbocycles. The van der Waals surface area contributed by atoms with E-state index in [2.05, 4.69) is 25.3 Å². The van der Waals surface area contributed by atoms with Crippen molar-refractivity contribution < 1.29 is 0 Å². The Morgan fingerprint density at radius 2 is 2.00 bits per heavy atom. The zero-order valence-electron chi connectivity index (χ0n) is 5.46. The van der Waals surface area contributed by atoms with Gasteiger partial charge in [-0.05, 0) is 13.2 Å². The van der Waals surface area contributed by atoms with Crippen molar-refractivity contribution in [1.82, 2.24) is 0 Å². The summed E-state index contributed by atoms with van der Waals surface area (Å²) in [6.45, 7) is 1.98. The van der Waals surface area contributed by atoms with Gasteiger partial charge in [0, 0.05) is 11.0 Å². The highest BCUT2D eigenvalue weighted by Crippen LogP contribution is 2.13. The van der Waals surface area contributed by atoms with Crippen molar-refractivity contribution in [2.45, 2.75) is 16.8 Å². The van der Waals surface area contributed by atoms with E-state index in [1.54, 1.807) is 11.8 Å². The van der Waals surface area contributed by atoms with Crippen molar-refractivity contribution in [3.05, 3.63) is 0 Å². The van der Waals surface area contributed by atoms with Crippen LogP contribution in [0.25, 0.3) is 0 Å². The van der Waals surface area contributed by atoms with Crippen LogP contribution in [0.2, 0.25) is 0 Å². The van der Waals surface area contributed by atoms with Crippen LogP contribution in [0.5, 0.6) is 0 Å². The molecule has 0 aromatic heterocycles.